The van der Waals surface area contributed by atoms with Gasteiger partial charge in [0.25, 0.3) is 0 Å². The molecule has 4 rings (SSSR count). The lowest BCUT2D eigenvalue weighted by atomic mass is 9.78. The molecule has 5 heteroatoms. The SMILES string of the molecule is C=CCNC(=O)[C@]1(Cc2ccccc2-c2ccccc2F)CCN(C(=O)C2CCC2)C1. The van der Waals surface area contributed by atoms with Crippen molar-refractivity contribution >= 4 is 11.8 Å². The Bertz CT molecular complexity index is 985. The first-order chi connectivity index (χ1) is 15.0. The summed E-state index contributed by atoms with van der Waals surface area (Å²) in [6.07, 6.45) is 5.70. The zero-order valence-corrected chi connectivity index (χ0v) is 17.8. The molecule has 0 aromatic heterocycles. The van der Waals surface area contributed by atoms with Crippen LogP contribution in [0.15, 0.2) is 61.2 Å². The summed E-state index contributed by atoms with van der Waals surface area (Å²) in [6.45, 7) is 5.06. The molecule has 2 aliphatic rings. The summed E-state index contributed by atoms with van der Waals surface area (Å²) in [5.41, 5.74) is 1.50. The van der Waals surface area contributed by atoms with E-state index in [1.807, 2.05) is 35.2 Å². The summed E-state index contributed by atoms with van der Waals surface area (Å²) >= 11 is 0. The molecule has 1 heterocycles. The Balaban J connectivity index is 1.65. The van der Waals surface area contributed by atoms with E-state index in [-0.39, 0.29) is 23.5 Å². The van der Waals surface area contributed by atoms with Gasteiger partial charge in [-0.15, -0.1) is 6.58 Å². The van der Waals surface area contributed by atoms with Crippen molar-refractivity contribution in [2.75, 3.05) is 19.6 Å². The Hall–Kier alpha value is -2.95. The first-order valence-electron chi connectivity index (χ1n) is 11.0. The smallest absolute Gasteiger partial charge is 0.228 e. The number of nitrogens with zero attached hydrogens (tertiary/aromatic N) is 1. The quantitative estimate of drug-likeness (QED) is 0.677. The maximum atomic E-state index is 14.5. The van der Waals surface area contributed by atoms with Crippen LogP contribution in [0.5, 0.6) is 0 Å². The number of carbonyl (C=O) groups is 2. The van der Waals surface area contributed by atoms with Crippen LogP contribution in [0.25, 0.3) is 11.1 Å². The van der Waals surface area contributed by atoms with Gasteiger partial charge in [0.15, 0.2) is 0 Å². The minimum absolute atomic E-state index is 0.0698. The molecule has 1 saturated heterocycles. The third-order valence-electron chi connectivity index (χ3n) is 6.72. The van der Waals surface area contributed by atoms with Gasteiger partial charge in [0.1, 0.15) is 5.82 Å². The molecule has 1 atom stereocenters. The third-order valence-corrected chi connectivity index (χ3v) is 6.72. The second kappa shape index (κ2) is 9.04. The molecule has 1 aliphatic heterocycles. The van der Waals surface area contributed by atoms with E-state index in [2.05, 4.69) is 11.9 Å². The first-order valence-corrected chi connectivity index (χ1v) is 11.0. The second-order valence-corrected chi connectivity index (χ2v) is 8.73. The van der Waals surface area contributed by atoms with Crippen LogP contribution >= 0.6 is 0 Å². The molecular formula is C26H29FN2O2. The predicted molar refractivity (Wildman–Crippen MR) is 120 cm³/mol. The predicted octanol–water partition coefficient (Wildman–Crippen LogP) is 4.36. The highest BCUT2D eigenvalue weighted by atomic mass is 19.1. The van der Waals surface area contributed by atoms with Crippen molar-refractivity contribution < 1.29 is 14.0 Å². The number of hydrogen-bond donors (Lipinski definition) is 1. The number of hydrogen-bond acceptors (Lipinski definition) is 2. The Labute approximate surface area is 183 Å². The van der Waals surface area contributed by atoms with Gasteiger partial charge in [-0.2, -0.15) is 0 Å². The number of rotatable bonds is 7. The average molecular weight is 421 g/mol. The van der Waals surface area contributed by atoms with Crippen LogP contribution in [0.4, 0.5) is 4.39 Å². The number of nitrogens with one attached hydrogen (secondary N) is 1. The highest BCUT2D eigenvalue weighted by Gasteiger charge is 2.47. The van der Waals surface area contributed by atoms with Gasteiger partial charge in [0, 0.05) is 31.1 Å². The van der Waals surface area contributed by atoms with Crippen molar-refractivity contribution in [3.8, 4) is 11.1 Å². The van der Waals surface area contributed by atoms with E-state index in [1.165, 1.54) is 6.07 Å². The van der Waals surface area contributed by atoms with Crippen molar-refractivity contribution in [2.45, 2.75) is 32.1 Å². The third kappa shape index (κ3) is 4.27. The van der Waals surface area contributed by atoms with Crippen LogP contribution in [0, 0.1) is 17.2 Å². The van der Waals surface area contributed by atoms with Crippen molar-refractivity contribution in [2.24, 2.45) is 11.3 Å². The fourth-order valence-electron chi connectivity index (χ4n) is 4.72. The van der Waals surface area contributed by atoms with Gasteiger partial charge < -0.3 is 10.2 Å². The molecule has 2 fully saturated rings. The van der Waals surface area contributed by atoms with E-state index in [0.29, 0.717) is 38.0 Å². The Kier molecular flexibility index (Phi) is 6.21. The summed E-state index contributed by atoms with van der Waals surface area (Å²) < 4.78 is 14.5. The molecule has 0 bridgehead atoms. The monoisotopic (exact) mass is 420 g/mol. The van der Waals surface area contributed by atoms with Crippen LogP contribution in [0.2, 0.25) is 0 Å². The molecule has 1 aliphatic carbocycles. The number of likely N-dealkylation sites (tertiary alicyclic amines) is 1. The van der Waals surface area contributed by atoms with Gasteiger partial charge in [-0.1, -0.05) is 55.0 Å². The van der Waals surface area contributed by atoms with E-state index in [9.17, 15) is 14.0 Å². The van der Waals surface area contributed by atoms with Gasteiger partial charge >= 0.3 is 0 Å². The highest BCUT2D eigenvalue weighted by Crippen LogP contribution is 2.40. The molecule has 2 amide bonds. The van der Waals surface area contributed by atoms with Crippen molar-refractivity contribution in [1.82, 2.24) is 10.2 Å². The van der Waals surface area contributed by atoms with E-state index in [1.54, 1.807) is 18.2 Å². The van der Waals surface area contributed by atoms with Crippen LogP contribution in [0.3, 0.4) is 0 Å². The summed E-state index contributed by atoms with van der Waals surface area (Å²) in [6, 6.07) is 14.4. The van der Waals surface area contributed by atoms with Gasteiger partial charge in [-0.05, 0) is 42.9 Å². The Morgan fingerprint density at radius 1 is 1.13 bits per heavy atom. The van der Waals surface area contributed by atoms with Crippen LogP contribution in [0.1, 0.15) is 31.2 Å². The zero-order valence-electron chi connectivity index (χ0n) is 17.8. The Morgan fingerprint density at radius 3 is 2.52 bits per heavy atom. The zero-order chi connectivity index (χ0) is 21.8. The number of carbonyl (C=O) groups excluding carboxylic acids is 2. The van der Waals surface area contributed by atoms with Gasteiger partial charge in [0.05, 0.1) is 5.41 Å². The molecule has 0 unspecified atom stereocenters. The maximum absolute atomic E-state index is 14.5. The standard InChI is InChI=1S/C26H29FN2O2/c1-2-15-28-25(31)26(14-16-29(18-26)24(30)19-9-7-10-19)17-20-8-3-4-11-21(20)22-12-5-6-13-23(22)27/h2-6,8,11-13,19H,1,7,9-10,14-18H2,(H,28,31)/t26-/m0/s1. The molecule has 2 aromatic carbocycles. The van der Waals surface area contributed by atoms with Gasteiger partial charge in [0.2, 0.25) is 11.8 Å². The fraction of sp³-hybridized carbons (Fsp3) is 0.385. The lowest BCUT2D eigenvalue weighted by molar-refractivity contribution is -0.138. The summed E-state index contributed by atoms with van der Waals surface area (Å²) in [5.74, 6) is -0.0715. The van der Waals surface area contributed by atoms with Gasteiger partial charge in [-0.25, -0.2) is 4.39 Å². The van der Waals surface area contributed by atoms with Crippen LogP contribution in [-0.2, 0) is 16.0 Å². The normalized spacial score (nSPS) is 20.9. The number of benzene rings is 2. The molecule has 162 valence electrons. The van der Waals surface area contributed by atoms with Crippen molar-refractivity contribution in [1.29, 1.82) is 0 Å². The highest BCUT2D eigenvalue weighted by molar-refractivity contribution is 5.87. The minimum atomic E-state index is -0.732. The fourth-order valence-corrected chi connectivity index (χ4v) is 4.72. The largest absolute Gasteiger partial charge is 0.352 e. The molecule has 0 radical (unpaired) electrons. The summed E-state index contributed by atoms with van der Waals surface area (Å²) in [4.78, 5) is 28.0. The van der Waals surface area contributed by atoms with E-state index >= 15 is 0 Å². The van der Waals surface area contributed by atoms with Crippen molar-refractivity contribution in [3.05, 3.63) is 72.6 Å². The first kappa shape index (κ1) is 21.3. The van der Waals surface area contributed by atoms with E-state index < -0.39 is 5.41 Å². The average Bonchev–Trinajstić information content (AvgIpc) is 3.17. The lowest BCUT2D eigenvalue weighted by Crippen LogP contribution is -2.46. The topological polar surface area (TPSA) is 49.4 Å². The maximum Gasteiger partial charge on any atom is 0.228 e. The van der Waals surface area contributed by atoms with Crippen LogP contribution < -0.4 is 5.32 Å². The minimum Gasteiger partial charge on any atom is -0.352 e. The van der Waals surface area contributed by atoms with Gasteiger partial charge in [-0.3, -0.25) is 9.59 Å². The lowest BCUT2D eigenvalue weighted by Gasteiger charge is -2.32. The van der Waals surface area contributed by atoms with E-state index in [0.717, 1.165) is 30.4 Å². The number of halogens is 1. The molecule has 31 heavy (non-hydrogen) atoms. The summed E-state index contributed by atoms with van der Waals surface area (Å²) in [5, 5.41) is 2.95. The molecular weight excluding hydrogens is 391 g/mol. The summed E-state index contributed by atoms with van der Waals surface area (Å²) in [7, 11) is 0. The van der Waals surface area contributed by atoms with Crippen LogP contribution in [-0.4, -0.2) is 36.3 Å². The second-order valence-electron chi connectivity index (χ2n) is 8.73. The molecule has 4 nitrogen and oxygen atoms in total. The molecule has 2 aromatic rings. The number of amides is 2. The molecule has 0 spiro atoms. The van der Waals surface area contributed by atoms with Crippen molar-refractivity contribution in [3.63, 3.8) is 0 Å². The Morgan fingerprint density at radius 2 is 1.84 bits per heavy atom. The molecule has 1 saturated carbocycles. The molecule has 1 N–H and O–H groups in total. The van der Waals surface area contributed by atoms with E-state index in [4.69, 9.17) is 0 Å².